The van der Waals surface area contributed by atoms with Gasteiger partial charge in [0.05, 0.1) is 30.4 Å². The molecule has 0 amide bonds. The van der Waals surface area contributed by atoms with Gasteiger partial charge in [-0.05, 0) is 60.5 Å². The molecule has 1 N–H and O–H groups in total. The van der Waals surface area contributed by atoms with Gasteiger partial charge in [-0.25, -0.2) is 18.0 Å². The maximum atomic E-state index is 13.1. The van der Waals surface area contributed by atoms with Gasteiger partial charge in [-0.3, -0.25) is 4.31 Å². The molecule has 0 aliphatic rings. The summed E-state index contributed by atoms with van der Waals surface area (Å²) in [4.78, 5) is 23.1. The number of carbonyl (C=O) groups excluding carboxylic acids is 1. The van der Waals surface area contributed by atoms with Crippen LogP contribution in [0.15, 0.2) is 47.4 Å². The number of sulfonamides is 1. The number of aryl methyl sites for hydroxylation is 1. The molecule has 0 bridgehead atoms. The maximum Gasteiger partial charge on any atom is 0.340 e. The van der Waals surface area contributed by atoms with E-state index in [4.69, 9.17) is 14.6 Å². The molecule has 0 saturated carbocycles. The van der Waals surface area contributed by atoms with Crippen molar-refractivity contribution in [3.05, 3.63) is 59.2 Å². The van der Waals surface area contributed by atoms with Crippen molar-refractivity contribution in [3.8, 4) is 5.75 Å². The average molecular weight is 419 g/mol. The quantitative estimate of drug-likeness (QED) is 0.543. The lowest BCUT2D eigenvalue weighted by Crippen LogP contribution is -2.29. The lowest BCUT2D eigenvalue weighted by atomic mass is 10.0. The zero-order valence-corrected chi connectivity index (χ0v) is 17.2. The van der Waals surface area contributed by atoms with Crippen LogP contribution in [0.3, 0.4) is 0 Å². The van der Waals surface area contributed by atoms with E-state index in [9.17, 15) is 18.0 Å². The second-order valence-corrected chi connectivity index (χ2v) is 8.01. The SMILES string of the molecule is COC(=O)c1cc(/C=C/C(=O)O)cc(C)c1N(C)S(=O)(=O)c1ccc(OC)cc1. The number of methoxy groups -OCH3 is 2. The lowest BCUT2D eigenvalue weighted by molar-refractivity contribution is -0.131. The zero-order valence-electron chi connectivity index (χ0n) is 16.4. The molecule has 0 fully saturated rings. The van der Waals surface area contributed by atoms with Gasteiger partial charge in [-0.1, -0.05) is 0 Å². The summed E-state index contributed by atoms with van der Waals surface area (Å²) in [5.41, 5.74) is 1.01. The van der Waals surface area contributed by atoms with Crippen LogP contribution in [0.4, 0.5) is 5.69 Å². The Kier molecular flexibility index (Phi) is 6.65. The van der Waals surface area contributed by atoms with Crippen molar-refractivity contribution in [2.75, 3.05) is 25.6 Å². The molecule has 9 heteroatoms. The molecule has 0 heterocycles. The van der Waals surface area contributed by atoms with Crippen LogP contribution < -0.4 is 9.04 Å². The fourth-order valence-corrected chi connectivity index (χ4v) is 4.06. The molecule has 2 aromatic rings. The minimum absolute atomic E-state index is 0.00266. The van der Waals surface area contributed by atoms with Crippen LogP contribution >= 0.6 is 0 Å². The third-order valence-corrected chi connectivity index (χ3v) is 5.95. The first-order valence-electron chi connectivity index (χ1n) is 8.38. The highest BCUT2D eigenvalue weighted by atomic mass is 32.2. The van der Waals surface area contributed by atoms with Gasteiger partial charge in [-0.15, -0.1) is 0 Å². The zero-order chi connectivity index (χ0) is 21.8. The molecule has 0 unspecified atom stereocenters. The van der Waals surface area contributed by atoms with Crippen LogP contribution in [0.25, 0.3) is 6.08 Å². The van der Waals surface area contributed by atoms with E-state index in [0.717, 1.165) is 10.4 Å². The number of rotatable bonds is 7. The maximum absolute atomic E-state index is 13.1. The summed E-state index contributed by atoms with van der Waals surface area (Å²) in [5, 5.41) is 8.81. The number of anilines is 1. The summed E-state index contributed by atoms with van der Waals surface area (Å²) in [5.74, 6) is -1.39. The normalized spacial score (nSPS) is 11.3. The van der Waals surface area contributed by atoms with E-state index in [1.165, 1.54) is 57.7 Å². The summed E-state index contributed by atoms with van der Waals surface area (Å²) in [6.45, 7) is 1.62. The summed E-state index contributed by atoms with van der Waals surface area (Å²) >= 11 is 0. The molecule has 0 saturated heterocycles. The van der Waals surface area contributed by atoms with Crippen LogP contribution in [0.1, 0.15) is 21.5 Å². The van der Waals surface area contributed by atoms with E-state index in [0.29, 0.717) is 16.9 Å². The standard InChI is InChI=1S/C20H21NO7S/c1-13-11-14(5-10-18(22)23)12-17(20(24)28-4)19(13)21(2)29(25,26)16-8-6-15(27-3)7-9-16/h5-12H,1-4H3,(H,22,23)/b10-5+. The molecule has 0 aliphatic carbocycles. The number of carboxylic acid groups (broad SMARTS) is 1. The van der Waals surface area contributed by atoms with E-state index in [2.05, 4.69) is 0 Å². The number of hydrogen-bond donors (Lipinski definition) is 1. The number of hydrogen-bond acceptors (Lipinski definition) is 6. The predicted octanol–water partition coefficient (Wildman–Crippen LogP) is 2.71. The van der Waals surface area contributed by atoms with Crippen LogP contribution in [-0.4, -0.2) is 46.7 Å². The first kappa shape index (κ1) is 22.0. The summed E-state index contributed by atoms with van der Waals surface area (Å²) in [6.07, 6.45) is 2.23. The van der Waals surface area contributed by atoms with E-state index in [1.807, 2.05) is 0 Å². The molecule has 2 rings (SSSR count). The van der Waals surface area contributed by atoms with Crippen molar-refractivity contribution >= 4 is 33.7 Å². The Labute approximate surface area is 169 Å². The molecular formula is C20H21NO7S. The highest BCUT2D eigenvalue weighted by Gasteiger charge is 2.27. The highest BCUT2D eigenvalue weighted by Crippen LogP contribution is 2.32. The highest BCUT2D eigenvalue weighted by molar-refractivity contribution is 7.92. The number of carbonyl (C=O) groups is 2. The van der Waals surface area contributed by atoms with Crippen molar-refractivity contribution in [1.82, 2.24) is 0 Å². The number of esters is 1. The largest absolute Gasteiger partial charge is 0.497 e. The molecule has 154 valence electrons. The Balaban J connectivity index is 2.61. The predicted molar refractivity (Wildman–Crippen MR) is 108 cm³/mol. The van der Waals surface area contributed by atoms with Crippen molar-refractivity contribution < 1.29 is 32.6 Å². The molecule has 8 nitrogen and oxygen atoms in total. The van der Waals surface area contributed by atoms with Gasteiger partial charge in [0, 0.05) is 13.1 Å². The minimum Gasteiger partial charge on any atom is -0.497 e. The second kappa shape index (κ2) is 8.78. The number of aliphatic carboxylic acids is 1. The molecule has 29 heavy (non-hydrogen) atoms. The van der Waals surface area contributed by atoms with Gasteiger partial charge in [-0.2, -0.15) is 0 Å². The third-order valence-electron chi connectivity index (χ3n) is 4.18. The van der Waals surface area contributed by atoms with Crippen molar-refractivity contribution in [2.45, 2.75) is 11.8 Å². The molecule has 0 spiro atoms. The number of carboxylic acids is 1. The molecule has 0 radical (unpaired) electrons. The average Bonchev–Trinajstić information content (AvgIpc) is 2.70. The Hall–Kier alpha value is -3.33. The third kappa shape index (κ3) is 4.75. The van der Waals surface area contributed by atoms with Crippen LogP contribution in [0, 0.1) is 6.92 Å². The summed E-state index contributed by atoms with van der Waals surface area (Å²) in [6, 6.07) is 8.82. The molecular weight excluding hydrogens is 398 g/mol. The van der Waals surface area contributed by atoms with Gasteiger partial charge in [0.1, 0.15) is 5.75 Å². The summed E-state index contributed by atoms with van der Waals surface area (Å²) in [7, 11) is 0.00390. The van der Waals surface area contributed by atoms with Crippen LogP contribution in [0.2, 0.25) is 0 Å². The molecule has 0 atom stereocenters. The second-order valence-electron chi connectivity index (χ2n) is 6.05. The van der Waals surface area contributed by atoms with E-state index < -0.39 is 22.0 Å². The number of benzene rings is 2. The van der Waals surface area contributed by atoms with Crippen molar-refractivity contribution in [3.63, 3.8) is 0 Å². The van der Waals surface area contributed by atoms with Crippen LogP contribution in [0.5, 0.6) is 5.75 Å². The van der Waals surface area contributed by atoms with Gasteiger partial charge in [0.25, 0.3) is 10.0 Å². The Morgan fingerprint density at radius 3 is 2.24 bits per heavy atom. The fraction of sp³-hybridized carbons (Fsp3) is 0.200. The minimum atomic E-state index is -3.98. The van der Waals surface area contributed by atoms with Crippen molar-refractivity contribution in [1.29, 1.82) is 0 Å². The number of ether oxygens (including phenoxy) is 2. The van der Waals surface area contributed by atoms with Gasteiger partial charge in [0.15, 0.2) is 0 Å². The van der Waals surface area contributed by atoms with Gasteiger partial charge >= 0.3 is 11.9 Å². The lowest BCUT2D eigenvalue weighted by Gasteiger charge is -2.24. The Morgan fingerprint density at radius 2 is 1.72 bits per heavy atom. The summed E-state index contributed by atoms with van der Waals surface area (Å²) < 4.78 is 37.0. The van der Waals surface area contributed by atoms with Crippen LogP contribution in [-0.2, 0) is 19.6 Å². The molecule has 0 aromatic heterocycles. The Bertz CT molecular complexity index is 1060. The van der Waals surface area contributed by atoms with Crippen molar-refractivity contribution in [2.24, 2.45) is 0 Å². The number of nitrogens with zero attached hydrogens (tertiary/aromatic N) is 1. The molecule has 2 aromatic carbocycles. The fourth-order valence-electron chi connectivity index (χ4n) is 2.78. The van der Waals surface area contributed by atoms with E-state index >= 15 is 0 Å². The smallest absolute Gasteiger partial charge is 0.340 e. The van der Waals surface area contributed by atoms with E-state index in [1.54, 1.807) is 13.0 Å². The monoisotopic (exact) mass is 419 g/mol. The first-order valence-corrected chi connectivity index (χ1v) is 9.82. The van der Waals surface area contributed by atoms with Gasteiger partial charge < -0.3 is 14.6 Å². The molecule has 0 aliphatic heterocycles. The first-order chi connectivity index (χ1) is 13.6. The van der Waals surface area contributed by atoms with E-state index in [-0.39, 0.29) is 16.1 Å². The topological polar surface area (TPSA) is 110 Å². The van der Waals surface area contributed by atoms with Gasteiger partial charge in [0.2, 0.25) is 0 Å². The Morgan fingerprint density at radius 1 is 1.10 bits per heavy atom.